The third-order valence-electron chi connectivity index (χ3n) is 6.01. The molecule has 1 saturated heterocycles. The first-order valence-electron chi connectivity index (χ1n) is 9.84. The summed E-state index contributed by atoms with van der Waals surface area (Å²) in [6.45, 7) is 3.11. The van der Waals surface area contributed by atoms with Crippen molar-refractivity contribution in [1.82, 2.24) is 9.97 Å². The van der Waals surface area contributed by atoms with Crippen molar-refractivity contribution in [3.05, 3.63) is 47.3 Å². The van der Waals surface area contributed by atoms with Crippen LogP contribution < -0.4 is 10.2 Å². The van der Waals surface area contributed by atoms with Gasteiger partial charge in [0.15, 0.2) is 0 Å². The average molecular weight is 350 g/mol. The van der Waals surface area contributed by atoms with Crippen molar-refractivity contribution in [3.8, 4) is 0 Å². The van der Waals surface area contributed by atoms with Crippen LogP contribution in [0.15, 0.2) is 30.3 Å². The molecule has 1 saturated carbocycles. The van der Waals surface area contributed by atoms with Gasteiger partial charge in [-0.25, -0.2) is 9.97 Å². The van der Waals surface area contributed by atoms with Crippen molar-refractivity contribution in [2.45, 2.75) is 56.5 Å². The quantitative estimate of drug-likeness (QED) is 0.863. The fourth-order valence-electron chi connectivity index (χ4n) is 4.48. The third kappa shape index (κ3) is 2.75. The second-order valence-corrected chi connectivity index (χ2v) is 8.04. The predicted octanol–water partition coefficient (Wildman–Crippen LogP) is 3.59. The van der Waals surface area contributed by atoms with Crippen LogP contribution in [0, 0.1) is 0 Å². The van der Waals surface area contributed by atoms with Gasteiger partial charge in [0.05, 0.1) is 12.6 Å². The number of hydrogen-bond donors (Lipinski definition) is 2. The van der Waals surface area contributed by atoms with Gasteiger partial charge in [0, 0.05) is 30.5 Å². The standard InChI is InChI=1S/C21H26N4O/c1-13(12-26)22-19-10-20(24-21(23-19)14-6-7-14)25-11-15-8-9-18(25)17-5-3-2-4-16(15)17/h2-5,10,13-15,18,26H,6-9,11-12H2,1H3,(H,22,23,24)/t13-,15+,18-/m0/s1. The van der Waals surface area contributed by atoms with E-state index >= 15 is 0 Å². The third-order valence-corrected chi connectivity index (χ3v) is 6.01. The minimum atomic E-state index is -0.0108. The Morgan fingerprint density at radius 3 is 2.65 bits per heavy atom. The first-order valence-corrected chi connectivity index (χ1v) is 9.84. The Bertz CT molecular complexity index is 819. The summed E-state index contributed by atoms with van der Waals surface area (Å²) in [7, 11) is 0. The molecule has 2 aromatic rings. The normalized spacial score (nSPS) is 25.1. The molecule has 2 aliphatic heterocycles. The molecule has 1 aromatic heterocycles. The molecule has 2 fully saturated rings. The first-order chi connectivity index (χ1) is 12.7. The van der Waals surface area contributed by atoms with Gasteiger partial charge < -0.3 is 15.3 Å². The number of aliphatic hydroxyl groups excluding tert-OH is 1. The van der Waals surface area contributed by atoms with Gasteiger partial charge in [0.25, 0.3) is 0 Å². The number of benzene rings is 1. The zero-order valence-electron chi connectivity index (χ0n) is 15.2. The topological polar surface area (TPSA) is 61.3 Å². The Labute approximate surface area is 154 Å². The number of aliphatic hydroxyl groups is 1. The summed E-state index contributed by atoms with van der Waals surface area (Å²) in [5, 5.41) is 12.7. The molecule has 3 heterocycles. The molecule has 6 rings (SSSR count). The highest BCUT2D eigenvalue weighted by Crippen LogP contribution is 2.48. The van der Waals surface area contributed by atoms with Gasteiger partial charge >= 0.3 is 0 Å². The molecule has 2 bridgehead atoms. The summed E-state index contributed by atoms with van der Waals surface area (Å²) in [6, 6.07) is 11.4. The molecule has 1 aromatic carbocycles. The number of anilines is 2. The number of piperidine rings is 1. The SMILES string of the molecule is C[C@@H](CO)Nc1cc(N2C[C@H]3CC[C@H]2c2ccccc23)nc(C2CC2)n1. The molecule has 4 aliphatic rings. The van der Waals surface area contributed by atoms with Crippen molar-refractivity contribution >= 4 is 11.6 Å². The van der Waals surface area contributed by atoms with Crippen LogP contribution in [-0.4, -0.2) is 34.3 Å². The highest BCUT2D eigenvalue weighted by Gasteiger charge is 2.39. The highest BCUT2D eigenvalue weighted by atomic mass is 16.3. The molecule has 3 atom stereocenters. The lowest BCUT2D eigenvalue weighted by molar-refractivity contribution is 0.281. The van der Waals surface area contributed by atoms with Crippen molar-refractivity contribution < 1.29 is 5.11 Å². The van der Waals surface area contributed by atoms with Crippen LogP contribution in [0.4, 0.5) is 11.6 Å². The highest BCUT2D eigenvalue weighted by molar-refractivity contribution is 5.56. The van der Waals surface area contributed by atoms with Crippen molar-refractivity contribution in [3.63, 3.8) is 0 Å². The zero-order chi connectivity index (χ0) is 17.7. The monoisotopic (exact) mass is 350 g/mol. The Kier molecular flexibility index (Phi) is 3.85. The zero-order valence-corrected chi connectivity index (χ0v) is 15.2. The fourth-order valence-corrected chi connectivity index (χ4v) is 4.48. The molecule has 5 heteroatoms. The lowest BCUT2D eigenvalue weighted by Gasteiger charge is -2.47. The summed E-state index contributed by atoms with van der Waals surface area (Å²) in [5.74, 6) is 3.95. The van der Waals surface area contributed by atoms with E-state index in [1.54, 1.807) is 0 Å². The van der Waals surface area contributed by atoms with Gasteiger partial charge in [0.2, 0.25) is 0 Å². The van der Waals surface area contributed by atoms with Gasteiger partial charge in [0.1, 0.15) is 17.5 Å². The van der Waals surface area contributed by atoms with Gasteiger partial charge in [-0.2, -0.15) is 0 Å². The van der Waals surface area contributed by atoms with Gasteiger partial charge in [-0.1, -0.05) is 24.3 Å². The number of hydrogen-bond acceptors (Lipinski definition) is 5. The van der Waals surface area contributed by atoms with Crippen molar-refractivity contribution in [1.29, 1.82) is 0 Å². The van der Waals surface area contributed by atoms with Gasteiger partial charge in [-0.15, -0.1) is 0 Å². The predicted molar refractivity (Wildman–Crippen MR) is 103 cm³/mol. The maximum absolute atomic E-state index is 9.38. The van der Waals surface area contributed by atoms with E-state index in [0.29, 0.717) is 17.9 Å². The maximum Gasteiger partial charge on any atom is 0.136 e. The smallest absolute Gasteiger partial charge is 0.136 e. The number of rotatable bonds is 5. The molecular formula is C21H26N4O. The van der Waals surface area contributed by atoms with Crippen molar-refractivity contribution in [2.75, 3.05) is 23.4 Å². The number of aromatic nitrogens is 2. The molecule has 0 unspecified atom stereocenters. The lowest BCUT2D eigenvalue weighted by Crippen LogP contribution is -2.43. The fraction of sp³-hybridized carbons (Fsp3) is 0.524. The van der Waals surface area contributed by atoms with Gasteiger partial charge in [-0.05, 0) is 43.7 Å². The number of nitrogens with one attached hydrogen (secondary N) is 1. The Balaban J connectivity index is 1.52. The van der Waals surface area contributed by atoms with E-state index in [0.717, 1.165) is 24.0 Å². The maximum atomic E-state index is 9.38. The molecule has 136 valence electrons. The molecule has 5 nitrogen and oxygen atoms in total. The Morgan fingerprint density at radius 1 is 1.12 bits per heavy atom. The Morgan fingerprint density at radius 2 is 1.88 bits per heavy atom. The lowest BCUT2D eigenvalue weighted by atomic mass is 9.75. The van der Waals surface area contributed by atoms with E-state index in [1.807, 2.05) is 6.92 Å². The van der Waals surface area contributed by atoms with Crippen molar-refractivity contribution in [2.24, 2.45) is 0 Å². The summed E-state index contributed by atoms with van der Waals surface area (Å²) in [5.41, 5.74) is 3.00. The first kappa shape index (κ1) is 16.1. The summed E-state index contributed by atoms with van der Waals surface area (Å²) in [6.07, 6.45) is 4.84. The molecule has 0 amide bonds. The largest absolute Gasteiger partial charge is 0.394 e. The van der Waals surface area contributed by atoms with Crippen LogP contribution in [0.3, 0.4) is 0 Å². The van der Waals surface area contributed by atoms with Gasteiger partial charge in [-0.3, -0.25) is 0 Å². The van der Waals surface area contributed by atoms with Crippen LogP contribution in [-0.2, 0) is 0 Å². The van der Waals surface area contributed by atoms with E-state index in [-0.39, 0.29) is 12.6 Å². The molecule has 0 radical (unpaired) electrons. The summed E-state index contributed by atoms with van der Waals surface area (Å²) in [4.78, 5) is 12.2. The minimum Gasteiger partial charge on any atom is -0.394 e. The van der Waals surface area contributed by atoms with Crippen LogP contribution in [0.25, 0.3) is 0 Å². The second kappa shape index (κ2) is 6.23. The number of fused-ring (bicyclic) bond motifs is 2. The molecular weight excluding hydrogens is 324 g/mol. The van der Waals surface area contributed by atoms with E-state index < -0.39 is 0 Å². The number of nitrogens with zero attached hydrogens (tertiary/aromatic N) is 3. The Hall–Kier alpha value is -2.14. The van der Waals surface area contributed by atoms with Crippen LogP contribution in [0.5, 0.6) is 0 Å². The summed E-state index contributed by atoms with van der Waals surface area (Å²) < 4.78 is 0. The van der Waals surface area contributed by atoms with E-state index in [9.17, 15) is 5.11 Å². The summed E-state index contributed by atoms with van der Waals surface area (Å²) >= 11 is 0. The van der Waals surface area contributed by atoms with Crippen LogP contribution in [0.2, 0.25) is 0 Å². The molecule has 2 N–H and O–H groups in total. The second-order valence-electron chi connectivity index (χ2n) is 8.04. The molecule has 2 aliphatic carbocycles. The van der Waals surface area contributed by atoms with E-state index in [1.165, 1.54) is 36.8 Å². The van der Waals surface area contributed by atoms with Crippen LogP contribution in [0.1, 0.15) is 67.4 Å². The molecule has 26 heavy (non-hydrogen) atoms. The van der Waals surface area contributed by atoms with E-state index in [2.05, 4.69) is 40.5 Å². The molecule has 0 spiro atoms. The average Bonchev–Trinajstić information content (AvgIpc) is 3.53. The minimum absolute atomic E-state index is 0.0108. The van der Waals surface area contributed by atoms with E-state index in [4.69, 9.17) is 9.97 Å². The van der Waals surface area contributed by atoms with Crippen LogP contribution >= 0.6 is 0 Å².